The van der Waals surface area contributed by atoms with E-state index in [4.69, 9.17) is 15.3 Å². The molecule has 0 saturated carbocycles. The van der Waals surface area contributed by atoms with Crippen LogP contribution in [-0.4, -0.2) is 46.8 Å². The Morgan fingerprint density at radius 2 is 2.10 bits per heavy atom. The third-order valence-corrected chi connectivity index (χ3v) is 5.38. The molecule has 2 aromatic carbocycles. The first-order valence-electron chi connectivity index (χ1n) is 8.65. The average molecular weight is 491 g/mol. The number of methoxy groups -OCH3 is 2. The Hall–Kier alpha value is -3.05. The summed E-state index contributed by atoms with van der Waals surface area (Å²) < 4.78 is 12.6. The molecule has 0 unspecified atom stereocenters. The number of anilines is 1. The first-order valence-corrected chi connectivity index (χ1v) is 10.4. The number of nitrogens with one attached hydrogen (secondary N) is 1. The fraction of sp³-hybridized carbons (Fsp3) is 0.158. The summed E-state index contributed by atoms with van der Waals surface area (Å²) in [4.78, 5) is 12.4. The van der Waals surface area contributed by atoms with E-state index in [1.165, 1.54) is 16.4 Å². The zero-order valence-corrected chi connectivity index (χ0v) is 18.6. The van der Waals surface area contributed by atoms with Crippen LogP contribution in [0.2, 0.25) is 0 Å². The molecule has 3 rings (SSSR count). The van der Waals surface area contributed by atoms with Crippen molar-refractivity contribution < 1.29 is 14.3 Å². The van der Waals surface area contributed by atoms with Crippen LogP contribution in [0.1, 0.15) is 15.9 Å². The van der Waals surface area contributed by atoms with Crippen molar-refractivity contribution in [2.24, 2.45) is 5.10 Å². The normalized spacial score (nSPS) is 10.9. The van der Waals surface area contributed by atoms with E-state index in [-0.39, 0.29) is 17.5 Å². The highest BCUT2D eigenvalue weighted by molar-refractivity contribution is 9.10. The molecule has 3 aromatic rings. The molecule has 0 aliphatic carbocycles. The molecule has 0 fully saturated rings. The molecule has 156 valence electrons. The minimum atomic E-state index is -0.0730. The topological polar surface area (TPSA) is 117 Å². The van der Waals surface area contributed by atoms with Gasteiger partial charge >= 0.3 is 0 Å². The van der Waals surface area contributed by atoms with Gasteiger partial charge in [-0.3, -0.25) is 4.79 Å². The van der Waals surface area contributed by atoms with Gasteiger partial charge in [0.15, 0.2) is 5.78 Å². The van der Waals surface area contributed by atoms with E-state index in [0.717, 1.165) is 10.0 Å². The van der Waals surface area contributed by atoms with Crippen LogP contribution in [0.4, 0.5) is 5.95 Å². The molecular weight excluding hydrogens is 472 g/mol. The molecule has 0 aliphatic heterocycles. The minimum absolute atomic E-state index is 0.0730. The summed E-state index contributed by atoms with van der Waals surface area (Å²) in [6.45, 7) is 0. The molecule has 0 atom stereocenters. The van der Waals surface area contributed by atoms with Crippen LogP contribution < -0.4 is 20.7 Å². The molecule has 1 heterocycles. The van der Waals surface area contributed by atoms with Gasteiger partial charge in [-0.05, 0) is 30.3 Å². The van der Waals surface area contributed by atoms with Crippen molar-refractivity contribution in [3.05, 3.63) is 58.1 Å². The number of ether oxygens (including phenoxy) is 2. The van der Waals surface area contributed by atoms with Crippen LogP contribution in [0, 0.1) is 0 Å². The number of carbonyl (C=O) groups excluding carboxylic acids is 1. The number of halogens is 1. The highest BCUT2D eigenvalue weighted by Gasteiger charge is 2.13. The Kier molecular flexibility index (Phi) is 7.31. The van der Waals surface area contributed by atoms with E-state index in [1.54, 1.807) is 44.7 Å². The molecule has 0 radical (unpaired) electrons. The number of Topliss-reactive ketones (excluding diaryl/α,β-unsaturated/α-hetero) is 1. The van der Waals surface area contributed by atoms with E-state index in [9.17, 15) is 4.79 Å². The molecule has 0 spiro atoms. The predicted octanol–water partition coefficient (Wildman–Crippen LogP) is 3.19. The van der Waals surface area contributed by atoms with Crippen molar-refractivity contribution >= 4 is 45.6 Å². The van der Waals surface area contributed by atoms with Gasteiger partial charge in [0, 0.05) is 15.6 Å². The molecular formula is C19H19BrN6O3S. The van der Waals surface area contributed by atoms with Crippen molar-refractivity contribution in [1.29, 1.82) is 0 Å². The number of hydrazone groups is 1. The van der Waals surface area contributed by atoms with Gasteiger partial charge in [-0.25, -0.2) is 10.1 Å². The fourth-order valence-electron chi connectivity index (χ4n) is 2.43. The van der Waals surface area contributed by atoms with Gasteiger partial charge in [-0.15, -0.1) is 10.2 Å². The quantitative estimate of drug-likeness (QED) is 0.154. The summed E-state index contributed by atoms with van der Waals surface area (Å²) in [6.07, 6.45) is 1.58. The largest absolute Gasteiger partial charge is 0.497 e. The first kappa shape index (κ1) is 21.7. The molecule has 30 heavy (non-hydrogen) atoms. The molecule has 0 bridgehead atoms. The standard InChI is InChI=1S/C19H19BrN6O3S/c1-28-15-5-3-4-12(9-15)16(27)11-30-19-25-24-18(26(19)21)23-22-10-13-8-14(20)6-7-17(13)29-2/h3-10H,11,21H2,1-2H3,(H,23,24)/b22-10+. The Morgan fingerprint density at radius 1 is 1.27 bits per heavy atom. The van der Waals surface area contributed by atoms with Gasteiger partial charge < -0.3 is 15.3 Å². The molecule has 0 aliphatic rings. The second-order valence-corrected chi connectivity index (χ2v) is 7.73. The van der Waals surface area contributed by atoms with Crippen LogP contribution in [-0.2, 0) is 0 Å². The summed E-state index contributed by atoms with van der Waals surface area (Å²) >= 11 is 4.59. The Balaban J connectivity index is 1.62. The molecule has 3 N–H and O–H groups in total. The van der Waals surface area contributed by atoms with E-state index < -0.39 is 0 Å². The van der Waals surface area contributed by atoms with Gasteiger partial charge in [0.2, 0.25) is 5.16 Å². The molecule has 0 amide bonds. The SMILES string of the molecule is COc1cccc(C(=O)CSc2nnc(N/N=C/c3cc(Br)ccc3OC)n2N)c1. The smallest absolute Gasteiger partial charge is 0.264 e. The Labute approximate surface area is 185 Å². The lowest BCUT2D eigenvalue weighted by atomic mass is 10.1. The van der Waals surface area contributed by atoms with Gasteiger partial charge in [0.05, 0.1) is 26.2 Å². The van der Waals surface area contributed by atoms with Crippen LogP contribution in [0.5, 0.6) is 11.5 Å². The fourth-order valence-corrected chi connectivity index (χ4v) is 3.56. The van der Waals surface area contributed by atoms with E-state index in [2.05, 4.69) is 36.7 Å². The number of hydrogen-bond donors (Lipinski definition) is 2. The van der Waals surface area contributed by atoms with Crippen LogP contribution in [0.3, 0.4) is 0 Å². The van der Waals surface area contributed by atoms with Gasteiger partial charge in [-0.1, -0.05) is 39.8 Å². The van der Waals surface area contributed by atoms with E-state index in [0.29, 0.717) is 22.2 Å². The summed E-state index contributed by atoms with van der Waals surface area (Å²) in [5, 5.41) is 12.5. The number of aromatic nitrogens is 3. The van der Waals surface area contributed by atoms with Gasteiger partial charge in [0.25, 0.3) is 5.95 Å². The zero-order chi connectivity index (χ0) is 21.5. The number of nitrogens with two attached hydrogens (primary N) is 1. The monoisotopic (exact) mass is 490 g/mol. The number of ketones is 1. The van der Waals surface area contributed by atoms with Crippen LogP contribution >= 0.6 is 27.7 Å². The zero-order valence-electron chi connectivity index (χ0n) is 16.2. The number of thioether (sulfide) groups is 1. The number of nitrogen functional groups attached to an aromatic ring is 1. The molecule has 9 nitrogen and oxygen atoms in total. The second-order valence-electron chi connectivity index (χ2n) is 5.88. The lowest BCUT2D eigenvalue weighted by Crippen LogP contribution is -2.14. The number of benzene rings is 2. The Bertz CT molecular complexity index is 1070. The van der Waals surface area contributed by atoms with E-state index in [1.807, 2.05) is 18.2 Å². The summed E-state index contributed by atoms with van der Waals surface area (Å²) in [7, 11) is 3.14. The van der Waals surface area contributed by atoms with Crippen LogP contribution in [0.25, 0.3) is 0 Å². The average Bonchev–Trinajstić information content (AvgIpc) is 3.11. The van der Waals surface area contributed by atoms with Crippen molar-refractivity contribution in [3.63, 3.8) is 0 Å². The van der Waals surface area contributed by atoms with Crippen molar-refractivity contribution in [1.82, 2.24) is 14.9 Å². The van der Waals surface area contributed by atoms with Crippen LogP contribution in [0.15, 0.2) is 57.2 Å². The van der Waals surface area contributed by atoms with Crippen molar-refractivity contribution in [3.8, 4) is 11.5 Å². The molecule has 0 saturated heterocycles. The predicted molar refractivity (Wildman–Crippen MR) is 120 cm³/mol. The highest BCUT2D eigenvalue weighted by atomic mass is 79.9. The van der Waals surface area contributed by atoms with Crippen molar-refractivity contribution in [2.45, 2.75) is 5.16 Å². The first-order chi connectivity index (χ1) is 14.5. The summed E-state index contributed by atoms with van der Waals surface area (Å²) in [6, 6.07) is 12.5. The van der Waals surface area contributed by atoms with Gasteiger partial charge in [-0.2, -0.15) is 5.10 Å². The minimum Gasteiger partial charge on any atom is -0.497 e. The Morgan fingerprint density at radius 3 is 2.87 bits per heavy atom. The highest BCUT2D eigenvalue weighted by Crippen LogP contribution is 2.22. The lowest BCUT2D eigenvalue weighted by Gasteiger charge is -2.05. The van der Waals surface area contributed by atoms with Crippen molar-refractivity contribution in [2.75, 3.05) is 31.2 Å². The summed E-state index contributed by atoms with van der Waals surface area (Å²) in [5.74, 6) is 7.61. The maximum atomic E-state index is 12.4. The number of carbonyl (C=O) groups is 1. The maximum absolute atomic E-state index is 12.4. The van der Waals surface area contributed by atoms with E-state index >= 15 is 0 Å². The third kappa shape index (κ3) is 5.30. The number of nitrogens with zero attached hydrogens (tertiary/aromatic N) is 4. The number of hydrogen-bond acceptors (Lipinski definition) is 9. The third-order valence-electron chi connectivity index (χ3n) is 3.95. The lowest BCUT2D eigenvalue weighted by molar-refractivity contribution is 0.102. The summed E-state index contributed by atoms with van der Waals surface area (Å²) in [5.41, 5.74) is 4.05. The maximum Gasteiger partial charge on any atom is 0.264 e. The molecule has 1 aromatic heterocycles. The second kappa shape index (κ2) is 10.1. The molecule has 11 heteroatoms. The van der Waals surface area contributed by atoms with Gasteiger partial charge in [0.1, 0.15) is 11.5 Å². The number of rotatable bonds is 9.